The minimum absolute atomic E-state index is 0.000378. The van der Waals surface area contributed by atoms with Gasteiger partial charge in [0.2, 0.25) is 10.0 Å². The van der Waals surface area contributed by atoms with E-state index in [2.05, 4.69) is 4.72 Å². The molecule has 1 N–H and O–H groups in total. The molecule has 0 aliphatic rings. The van der Waals surface area contributed by atoms with Crippen LogP contribution in [0.5, 0.6) is 0 Å². The Labute approximate surface area is 124 Å². The minimum Gasteiger partial charge on any atom is -0.459 e. The summed E-state index contributed by atoms with van der Waals surface area (Å²) in [5.41, 5.74) is -0.674. The Morgan fingerprint density at radius 2 is 1.95 bits per heavy atom. The second-order valence-electron chi connectivity index (χ2n) is 5.33. The number of carbonyl (C=O) groups is 1. The van der Waals surface area contributed by atoms with Crippen molar-refractivity contribution in [1.29, 1.82) is 0 Å². The van der Waals surface area contributed by atoms with E-state index in [9.17, 15) is 13.2 Å². The highest BCUT2D eigenvalue weighted by Crippen LogP contribution is 2.16. The zero-order chi connectivity index (χ0) is 15.6. The van der Waals surface area contributed by atoms with Gasteiger partial charge in [0, 0.05) is 5.02 Å². The van der Waals surface area contributed by atoms with E-state index in [1.54, 1.807) is 26.8 Å². The molecule has 0 heterocycles. The highest BCUT2D eigenvalue weighted by Gasteiger charge is 2.26. The number of hydrogen-bond acceptors (Lipinski definition) is 4. The van der Waals surface area contributed by atoms with E-state index in [0.717, 1.165) is 0 Å². The molecule has 0 aliphatic carbocycles. The van der Waals surface area contributed by atoms with Crippen molar-refractivity contribution >= 4 is 27.6 Å². The van der Waals surface area contributed by atoms with Gasteiger partial charge in [0.05, 0.1) is 4.90 Å². The van der Waals surface area contributed by atoms with E-state index >= 15 is 0 Å². The molecule has 0 unspecified atom stereocenters. The van der Waals surface area contributed by atoms with Crippen LogP contribution >= 0.6 is 11.6 Å². The molecule has 7 heteroatoms. The van der Waals surface area contributed by atoms with Gasteiger partial charge in [-0.3, -0.25) is 4.79 Å². The average molecular weight is 320 g/mol. The molecule has 1 aromatic rings. The second-order valence-corrected chi connectivity index (χ2v) is 7.48. The van der Waals surface area contributed by atoms with Crippen LogP contribution < -0.4 is 4.72 Å². The fourth-order valence-corrected chi connectivity index (χ4v) is 2.87. The SMILES string of the molecule is C[C@@H](NS(=O)(=O)c1cccc(Cl)c1)C(=O)OC(C)(C)C. The molecule has 1 atom stereocenters. The van der Waals surface area contributed by atoms with Gasteiger partial charge in [-0.05, 0) is 45.9 Å². The topological polar surface area (TPSA) is 72.5 Å². The first-order valence-corrected chi connectivity index (χ1v) is 7.88. The van der Waals surface area contributed by atoms with Crippen molar-refractivity contribution in [2.24, 2.45) is 0 Å². The number of sulfonamides is 1. The minimum atomic E-state index is -3.82. The molecule has 0 fully saturated rings. The fourth-order valence-electron chi connectivity index (χ4n) is 1.37. The molecule has 0 saturated carbocycles. The fraction of sp³-hybridized carbons (Fsp3) is 0.462. The van der Waals surface area contributed by atoms with Crippen LogP contribution in [0.2, 0.25) is 5.02 Å². The lowest BCUT2D eigenvalue weighted by Crippen LogP contribution is -2.42. The van der Waals surface area contributed by atoms with Crippen LogP contribution in [0.3, 0.4) is 0 Å². The molecule has 0 aromatic heterocycles. The Morgan fingerprint density at radius 3 is 2.45 bits per heavy atom. The number of hydrogen-bond donors (Lipinski definition) is 1. The first-order chi connectivity index (χ1) is 9.01. The number of nitrogens with one attached hydrogen (secondary N) is 1. The predicted molar refractivity (Wildman–Crippen MR) is 77.1 cm³/mol. The van der Waals surface area contributed by atoms with Crippen LogP contribution in [0, 0.1) is 0 Å². The van der Waals surface area contributed by atoms with Gasteiger partial charge in [-0.1, -0.05) is 17.7 Å². The number of halogens is 1. The summed E-state index contributed by atoms with van der Waals surface area (Å²) in [5, 5.41) is 0.304. The number of esters is 1. The number of ether oxygens (including phenoxy) is 1. The Bertz CT molecular complexity index is 593. The van der Waals surface area contributed by atoms with E-state index in [1.807, 2.05) is 0 Å². The van der Waals surface area contributed by atoms with Gasteiger partial charge in [0.25, 0.3) is 0 Å². The zero-order valence-electron chi connectivity index (χ0n) is 11.8. The maximum Gasteiger partial charge on any atom is 0.324 e. The van der Waals surface area contributed by atoms with Gasteiger partial charge in [0.1, 0.15) is 11.6 Å². The van der Waals surface area contributed by atoms with Gasteiger partial charge in [-0.25, -0.2) is 8.42 Å². The van der Waals surface area contributed by atoms with Crippen LogP contribution in [0.25, 0.3) is 0 Å². The Hall–Kier alpha value is -1.11. The molecule has 0 bridgehead atoms. The molecule has 5 nitrogen and oxygen atoms in total. The third kappa shape index (κ3) is 5.11. The number of benzene rings is 1. The van der Waals surface area contributed by atoms with E-state index in [1.165, 1.54) is 25.1 Å². The van der Waals surface area contributed by atoms with Crippen molar-refractivity contribution in [3.63, 3.8) is 0 Å². The molecule has 0 radical (unpaired) electrons. The first-order valence-electron chi connectivity index (χ1n) is 6.02. The summed E-state index contributed by atoms with van der Waals surface area (Å²) in [6.45, 7) is 6.56. The lowest BCUT2D eigenvalue weighted by Gasteiger charge is -2.22. The molecule has 0 spiro atoms. The second kappa shape index (κ2) is 6.11. The third-order valence-electron chi connectivity index (χ3n) is 2.20. The molecule has 0 amide bonds. The quantitative estimate of drug-likeness (QED) is 0.865. The first kappa shape index (κ1) is 16.9. The lowest BCUT2D eigenvalue weighted by atomic mass is 10.2. The maximum atomic E-state index is 12.1. The van der Waals surface area contributed by atoms with Crippen LogP contribution in [0.1, 0.15) is 27.7 Å². The van der Waals surface area contributed by atoms with Crippen LogP contribution in [-0.2, 0) is 19.6 Å². The van der Waals surface area contributed by atoms with E-state index in [4.69, 9.17) is 16.3 Å². The summed E-state index contributed by atoms with van der Waals surface area (Å²) in [6, 6.07) is 4.81. The van der Waals surface area contributed by atoms with Crippen molar-refractivity contribution in [3.05, 3.63) is 29.3 Å². The summed E-state index contributed by atoms with van der Waals surface area (Å²) in [6.07, 6.45) is 0. The summed E-state index contributed by atoms with van der Waals surface area (Å²) in [5.74, 6) is -0.636. The van der Waals surface area contributed by atoms with Gasteiger partial charge in [-0.15, -0.1) is 0 Å². The molecule has 1 aromatic carbocycles. The molecule has 0 saturated heterocycles. The Balaban J connectivity index is 2.84. The van der Waals surface area contributed by atoms with Crippen LogP contribution in [-0.4, -0.2) is 26.0 Å². The largest absolute Gasteiger partial charge is 0.459 e. The highest BCUT2D eigenvalue weighted by atomic mass is 35.5. The van der Waals surface area contributed by atoms with Crippen LogP contribution in [0.4, 0.5) is 0 Å². The highest BCUT2D eigenvalue weighted by molar-refractivity contribution is 7.89. The zero-order valence-corrected chi connectivity index (χ0v) is 13.4. The predicted octanol–water partition coefficient (Wildman–Crippen LogP) is 2.35. The van der Waals surface area contributed by atoms with Crippen molar-refractivity contribution < 1.29 is 17.9 Å². The van der Waals surface area contributed by atoms with Crippen LogP contribution in [0.15, 0.2) is 29.2 Å². The number of carbonyl (C=O) groups excluding carboxylic acids is 1. The Kier molecular flexibility index (Phi) is 5.18. The standard InChI is InChI=1S/C13H18ClNO4S/c1-9(12(16)19-13(2,3)4)15-20(17,18)11-7-5-6-10(14)8-11/h5-9,15H,1-4H3/t9-/m1/s1. The third-order valence-corrected chi connectivity index (χ3v) is 3.97. The van der Waals surface area contributed by atoms with Crippen molar-refractivity contribution in [1.82, 2.24) is 4.72 Å². The summed E-state index contributed by atoms with van der Waals surface area (Å²) in [7, 11) is -3.82. The van der Waals surface area contributed by atoms with Crippen molar-refractivity contribution in [3.8, 4) is 0 Å². The number of rotatable bonds is 4. The van der Waals surface area contributed by atoms with Gasteiger partial charge in [0.15, 0.2) is 0 Å². The van der Waals surface area contributed by atoms with E-state index in [0.29, 0.717) is 5.02 Å². The van der Waals surface area contributed by atoms with Crippen molar-refractivity contribution in [2.45, 2.75) is 44.2 Å². The summed E-state index contributed by atoms with van der Waals surface area (Å²) in [4.78, 5) is 11.8. The monoisotopic (exact) mass is 319 g/mol. The molecule has 1 rings (SSSR count). The summed E-state index contributed by atoms with van der Waals surface area (Å²) < 4.78 is 31.5. The lowest BCUT2D eigenvalue weighted by molar-refractivity contribution is -0.156. The summed E-state index contributed by atoms with van der Waals surface area (Å²) >= 11 is 5.75. The molecular weight excluding hydrogens is 302 g/mol. The normalized spacial score (nSPS) is 13.8. The molecule has 0 aliphatic heterocycles. The smallest absolute Gasteiger partial charge is 0.324 e. The van der Waals surface area contributed by atoms with Gasteiger partial charge < -0.3 is 4.74 Å². The van der Waals surface area contributed by atoms with Gasteiger partial charge in [-0.2, -0.15) is 4.72 Å². The van der Waals surface area contributed by atoms with E-state index < -0.39 is 27.6 Å². The average Bonchev–Trinajstić information content (AvgIpc) is 2.26. The van der Waals surface area contributed by atoms with Gasteiger partial charge >= 0.3 is 5.97 Å². The Morgan fingerprint density at radius 1 is 1.35 bits per heavy atom. The molecular formula is C13H18ClNO4S. The maximum absolute atomic E-state index is 12.1. The molecule has 20 heavy (non-hydrogen) atoms. The van der Waals surface area contributed by atoms with Crippen molar-refractivity contribution in [2.75, 3.05) is 0 Å². The van der Waals surface area contributed by atoms with E-state index in [-0.39, 0.29) is 4.90 Å². The molecule has 112 valence electrons.